The molecule has 162 valence electrons. The number of carboxylic acid groups (broad SMARTS) is 1. The molecule has 0 unspecified atom stereocenters. The Morgan fingerprint density at radius 2 is 2.00 bits per heavy atom. The average Bonchev–Trinajstić information content (AvgIpc) is 3.42. The standard InChI is InChI=1S/C26H30N2O3/c1-17-14-18(2)24-21(8-11-27-24)22(17)16-28-12-10-26(9-3-13-31-26)15-23(28)19-4-6-20(7-5-19)25(29)30/h4-8,11,14,23,27H,3,9-10,12-13,15-16H2,1-2H3,(H,29,30)/t23-,26-/m0/s1. The molecule has 5 rings (SSSR count). The van der Waals surface area contributed by atoms with Crippen LogP contribution in [-0.2, 0) is 11.3 Å². The van der Waals surface area contributed by atoms with Crippen molar-refractivity contribution in [3.8, 4) is 0 Å². The van der Waals surface area contributed by atoms with Crippen LogP contribution in [0.25, 0.3) is 10.9 Å². The number of aromatic amines is 1. The highest BCUT2D eigenvalue weighted by atomic mass is 16.5. The summed E-state index contributed by atoms with van der Waals surface area (Å²) in [5.74, 6) is -0.882. The number of carbonyl (C=O) groups is 1. The Morgan fingerprint density at radius 1 is 1.19 bits per heavy atom. The summed E-state index contributed by atoms with van der Waals surface area (Å²) in [5, 5.41) is 10.6. The highest BCUT2D eigenvalue weighted by molar-refractivity contribution is 5.88. The van der Waals surface area contributed by atoms with Gasteiger partial charge in [0.2, 0.25) is 0 Å². The zero-order valence-electron chi connectivity index (χ0n) is 18.3. The SMILES string of the molecule is Cc1cc(C)c2[nH]ccc2c1CN1CC[C@@]2(CCCO2)C[C@H]1c1ccc(C(=O)O)cc1. The fourth-order valence-corrected chi connectivity index (χ4v) is 5.62. The molecule has 2 N–H and O–H groups in total. The lowest BCUT2D eigenvalue weighted by Gasteiger charge is -2.45. The topological polar surface area (TPSA) is 65.6 Å². The number of aryl methyl sites for hydroxylation is 2. The highest BCUT2D eigenvalue weighted by Gasteiger charge is 2.43. The van der Waals surface area contributed by atoms with Gasteiger partial charge in [0.15, 0.2) is 0 Å². The maximum atomic E-state index is 11.3. The molecule has 2 saturated heterocycles. The van der Waals surface area contributed by atoms with E-state index in [0.717, 1.165) is 45.4 Å². The minimum atomic E-state index is -0.882. The number of hydrogen-bond donors (Lipinski definition) is 2. The van der Waals surface area contributed by atoms with Crippen LogP contribution in [0.3, 0.4) is 0 Å². The monoisotopic (exact) mass is 418 g/mol. The Hall–Kier alpha value is -2.63. The summed E-state index contributed by atoms with van der Waals surface area (Å²) < 4.78 is 6.27. The second kappa shape index (κ2) is 7.81. The van der Waals surface area contributed by atoms with Crippen LogP contribution in [-0.4, -0.2) is 39.7 Å². The van der Waals surface area contributed by atoms with Crippen LogP contribution < -0.4 is 0 Å². The van der Waals surface area contributed by atoms with Crippen molar-refractivity contribution in [2.24, 2.45) is 0 Å². The maximum Gasteiger partial charge on any atom is 0.335 e. The van der Waals surface area contributed by atoms with E-state index in [2.05, 4.69) is 35.9 Å². The molecule has 1 spiro atoms. The molecule has 3 heterocycles. The Morgan fingerprint density at radius 3 is 2.71 bits per heavy atom. The van der Waals surface area contributed by atoms with Gasteiger partial charge >= 0.3 is 5.97 Å². The number of H-pyrrole nitrogens is 1. The number of aromatic carboxylic acids is 1. The van der Waals surface area contributed by atoms with E-state index >= 15 is 0 Å². The molecule has 0 aliphatic carbocycles. The molecule has 2 atom stereocenters. The summed E-state index contributed by atoms with van der Waals surface area (Å²) in [6, 6.07) is 12.1. The fourth-order valence-electron chi connectivity index (χ4n) is 5.62. The van der Waals surface area contributed by atoms with Gasteiger partial charge in [0.05, 0.1) is 11.2 Å². The zero-order chi connectivity index (χ0) is 21.6. The summed E-state index contributed by atoms with van der Waals surface area (Å²) in [6.45, 7) is 7.07. The molecule has 0 amide bonds. The van der Waals surface area contributed by atoms with Gasteiger partial charge in [0, 0.05) is 42.8 Å². The van der Waals surface area contributed by atoms with Crippen LogP contribution in [0.2, 0.25) is 0 Å². The number of hydrogen-bond acceptors (Lipinski definition) is 3. The molecule has 2 fully saturated rings. The third-order valence-corrected chi connectivity index (χ3v) is 7.32. The molecule has 2 aliphatic heterocycles. The maximum absolute atomic E-state index is 11.3. The normalized spacial score (nSPS) is 24.3. The molecule has 3 aromatic rings. The van der Waals surface area contributed by atoms with E-state index in [1.54, 1.807) is 12.1 Å². The number of benzene rings is 2. The van der Waals surface area contributed by atoms with Crippen LogP contribution in [0.15, 0.2) is 42.6 Å². The van der Waals surface area contributed by atoms with E-state index in [1.807, 2.05) is 18.3 Å². The van der Waals surface area contributed by atoms with Crippen LogP contribution >= 0.6 is 0 Å². The smallest absolute Gasteiger partial charge is 0.335 e. The van der Waals surface area contributed by atoms with E-state index in [9.17, 15) is 9.90 Å². The Balaban J connectivity index is 1.50. The Labute approximate surface area is 183 Å². The van der Waals surface area contributed by atoms with Gasteiger partial charge in [0.1, 0.15) is 0 Å². The third kappa shape index (κ3) is 3.66. The number of piperidine rings is 1. The number of nitrogens with one attached hydrogen (secondary N) is 1. The Kier molecular flexibility index (Phi) is 5.11. The van der Waals surface area contributed by atoms with E-state index in [0.29, 0.717) is 5.56 Å². The van der Waals surface area contributed by atoms with E-state index in [1.165, 1.54) is 33.2 Å². The predicted octanol–water partition coefficient (Wildman–Crippen LogP) is 5.37. The molecule has 2 aromatic carbocycles. The lowest BCUT2D eigenvalue weighted by atomic mass is 9.81. The molecule has 2 aliphatic rings. The molecule has 0 saturated carbocycles. The van der Waals surface area contributed by atoms with Crippen molar-refractivity contribution >= 4 is 16.9 Å². The molecule has 31 heavy (non-hydrogen) atoms. The number of likely N-dealkylation sites (tertiary alicyclic amines) is 1. The van der Waals surface area contributed by atoms with Crippen molar-refractivity contribution in [3.63, 3.8) is 0 Å². The molecule has 5 nitrogen and oxygen atoms in total. The number of ether oxygens (including phenoxy) is 1. The van der Waals surface area contributed by atoms with Crippen LogP contribution in [0.5, 0.6) is 0 Å². The van der Waals surface area contributed by atoms with Gasteiger partial charge in [-0.15, -0.1) is 0 Å². The van der Waals surface area contributed by atoms with Gasteiger partial charge < -0.3 is 14.8 Å². The number of aromatic nitrogens is 1. The van der Waals surface area contributed by atoms with Crippen molar-refractivity contribution in [1.29, 1.82) is 0 Å². The van der Waals surface area contributed by atoms with Crippen LogP contribution in [0.4, 0.5) is 0 Å². The largest absolute Gasteiger partial charge is 0.478 e. The fraction of sp³-hybridized carbons (Fsp3) is 0.423. The number of carboxylic acids is 1. The van der Waals surface area contributed by atoms with Crippen molar-refractivity contribution in [2.75, 3.05) is 13.2 Å². The zero-order valence-corrected chi connectivity index (χ0v) is 18.3. The van der Waals surface area contributed by atoms with Crippen molar-refractivity contribution in [1.82, 2.24) is 9.88 Å². The van der Waals surface area contributed by atoms with Gasteiger partial charge in [-0.1, -0.05) is 18.2 Å². The van der Waals surface area contributed by atoms with Gasteiger partial charge in [-0.2, -0.15) is 0 Å². The molecular weight excluding hydrogens is 388 g/mol. The minimum Gasteiger partial charge on any atom is -0.478 e. The van der Waals surface area contributed by atoms with Gasteiger partial charge in [-0.25, -0.2) is 4.79 Å². The molecule has 1 aromatic heterocycles. The quantitative estimate of drug-likeness (QED) is 0.598. The number of fused-ring (bicyclic) bond motifs is 1. The first-order chi connectivity index (χ1) is 15.0. The van der Waals surface area contributed by atoms with Crippen LogP contribution in [0, 0.1) is 13.8 Å². The molecule has 5 heteroatoms. The van der Waals surface area contributed by atoms with Crippen LogP contribution in [0.1, 0.15) is 64.3 Å². The van der Waals surface area contributed by atoms with E-state index < -0.39 is 5.97 Å². The first kappa shape index (κ1) is 20.3. The summed E-state index contributed by atoms with van der Waals surface area (Å²) in [4.78, 5) is 17.3. The van der Waals surface area contributed by atoms with Gasteiger partial charge in [-0.05, 0) is 80.0 Å². The Bertz CT molecular complexity index is 1110. The summed E-state index contributed by atoms with van der Waals surface area (Å²) in [6.07, 6.45) is 6.29. The first-order valence-corrected chi connectivity index (χ1v) is 11.2. The van der Waals surface area contributed by atoms with Crippen molar-refractivity contribution in [2.45, 2.75) is 57.7 Å². The lowest BCUT2D eigenvalue weighted by Crippen LogP contribution is -2.45. The minimum absolute atomic E-state index is 0.0294. The highest BCUT2D eigenvalue weighted by Crippen LogP contribution is 2.45. The summed E-state index contributed by atoms with van der Waals surface area (Å²) >= 11 is 0. The summed E-state index contributed by atoms with van der Waals surface area (Å²) in [5.41, 5.74) is 6.67. The van der Waals surface area contributed by atoms with Crippen molar-refractivity contribution in [3.05, 3.63) is 70.4 Å². The third-order valence-electron chi connectivity index (χ3n) is 7.32. The lowest BCUT2D eigenvalue weighted by molar-refractivity contribution is -0.0675. The second-order valence-electron chi connectivity index (χ2n) is 9.26. The van der Waals surface area contributed by atoms with E-state index in [-0.39, 0.29) is 11.6 Å². The van der Waals surface area contributed by atoms with E-state index in [4.69, 9.17) is 4.74 Å². The van der Waals surface area contributed by atoms with Gasteiger partial charge in [0.25, 0.3) is 0 Å². The molecular formula is C26H30N2O3. The second-order valence-corrected chi connectivity index (χ2v) is 9.26. The summed E-state index contributed by atoms with van der Waals surface area (Å²) in [7, 11) is 0. The average molecular weight is 419 g/mol. The first-order valence-electron chi connectivity index (χ1n) is 11.2. The predicted molar refractivity (Wildman–Crippen MR) is 121 cm³/mol. The van der Waals surface area contributed by atoms with Crippen molar-refractivity contribution < 1.29 is 14.6 Å². The number of rotatable bonds is 4. The molecule has 0 radical (unpaired) electrons. The van der Waals surface area contributed by atoms with Gasteiger partial charge in [-0.3, -0.25) is 4.90 Å². The molecule has 0 bridgehead atoms. The number of nitrogens with zero attached hydrogens (tertiary/aromatic N) is 1.